The zero-order valence-corrected chi connectivity index (χ0v) is 14.4. The molecule has 3 rings (SSSR count). The second kappa shape index (κ2) is 7.59. The van der Waals surface area contributed by atoms with Crippen LogP contribution in [0.25, 0.3) is 0 Å². The van der Waals surface area contributed by atoms with Gasteiger partial charge in [-0.3, -0.25) is 9.59 Å². The Labute approximate surface area is 145 Å². The normalized spacial score (nSPS) is 20.4. The molecule has 3 N–H and O–H groups in total. The Morgan fingerprint density at radius 1 is 1.21 bits per heavy atom. The number of carbonyl (C=O) groups excluding carboxylic acids is 2. The van der Waals surface area contributed by atoms with Crippen molar-refractivity contribution in [1.29, 1.82) is 0 Å². The van der Waals surface area contributed by atoms with Gasteiger partial charge in [-0.05, 0) is 56.0 Å². The quantitative estimate of drug-likeness (QED) is 0.799. The molecule has 6 heteroatoms. The number of carbonyl (C=O) groups is 2. The van der Waals surface area contributed by atoms with Gasteiger partial charge in [0.15, 0.2) is 0 Å². The molecule has 1 fully saturated rings. The Hall–Kier alpha value is -2.18. The van der Waals surface area contributed by atoms with E-state index < -0.39 is 0 Å². The molecule has 2 atom stereocenters. The van der Waals surface area contributed by atoms with E-state index in [0.29, 0.717) is 16.1 Å². The minimum absolute atomic E-state index is 0.109. The number of thiophene rings is 1. The summed E-state index contributed by atoms with van der Waals surface area (Å²) in [6, 6.07) is 11.0. The standard InChI is InChI=1S/C18H21N3O2S/c1-12-15(7-3-9-19-12)21-17(22)13-5-2-6-14(11-13)20-18(23)16-8-4-10-24-16/h2,4-6,8,10-12,15,19H,3,7,9H2,1H3,(H,20,23)(H,21,22). The third-order valence-corrected chi connectivity index (χ3v) is 5.07. The van der Waals surface area contributed by atoms with Crippen molar-refractivity contribution in [2.24, 2.45) is 0 Å². The molecule has 2 unspecified atom stereocenters. The van der Waals surface area contributed by atoms with Gasteiger partial charge in [0.1, 0.15) is 0 Å². The monoisotopic (exact) mass is 343 g/mol. The highest BCUT2D eigenvalue weighted by atomic mass is 32.1. The highest BCUT2D eigenvalue weighted by Gasteiger charge is 2.22. The number of piperidine rings is 1. The largest absolute Gasteiger partial charge is 0.348 e. The van der Waals surface area contributed by atoms with Gasteiger partial charge in [0, 0.05) is 23.3 Å². The van der Waals surface area contributed by atoms with Gasteiger partial charge in [0.2, 0.25) is 0 Å². The number of anilines is 1. The van der Waals surface area contributed by atoms with Crippen molar-refractivity contribution in [3.8, 4) is 0 Å². The van der Waals surface area contributed by atoms with Crippen LogP contribution in [0, 0.1) is 0 Å². The van der Waals surface area contributed by atoms with Crippen LogP contribution in [0.15, 0.2) is 41.8 Å². The summed E-state index contributed by atoms with van der Waals surface area (Å²) in [4.78, 5) is 25.2. The third kappa shape index (κ3) is 4.01. The molecular weight excluding hydrogens is 322 g/mol. The van der Waals surface area contributed by atoms with E-state index in [1.165, 1.54) is 11.3 Å². The van der Waals surface area contributed by atoms with Crippen LogP contribution in [-0.2, 0) is 0 Å². The van der Waals surface area contributed by atoms with Crippen molar-refractivity contribution in [3.63, 3.8) is 0 Å². The van der Waals surface area contributed by atoms with E-state index in [-0.39, 0.29) is 23.9 Å². The summed E-state index contributed by atoms with van der Waals surface area (Å²) < 4.78 is 0. The van der Waals surface area contributed by atoms with Crippen molar-refractivity contribution < 1.29 is 9.59 Å². The Bertz CT molecular complexity index is 715. The van der Waals surface area contributed by atoms with E-state index in [9.17, 15) is 9.59 Å². The van der Waals surface area contributed by atoms with E-state index in [2.05, 4.69) is 22.9 Å². The molecule has 24 heavy (non-hydrogen) atoms. The minimum Gasteiger partial charge on any atom is -0.348 e. The lowest BCUT2D eigenvalue weighted by Crippen LogP contribution is -2.51. The maximum absolute atomic E-state index is 12.5. The SMILES string of the molecule is CC1NCCCC1NC(=O)c1cccc(NC(=O)c2cccs2)c1. The molecule has 0 aliphatic carbocycles. The predicted molar refractivity (Wildman–Crippen MR) is 96.7 cm³/mol. The van der Waals surface area contributed by atoms with Crippen LogP contribution >= 0.6 is 11.3 Å². The first-order valence-corrected chi connectivity index (χ1v) is 9.00. The zero-order chi connectivity index (χ0) is 16.9. The summed E-state index contributed by atoms with van der Waals surface area (Å²) in [5.41, 5.74) is 1.17. The summed E-state index contributed by atoms with van der Waals surface area (Å²) in [6.45, 7) is 3.08. The fourth-order valence-corrected chi connectivity index (χ4v) is 3.45. The Balaban J connectivity index is 1.66. The lowest BCUT2D eigenvalue weighted by Gasteiger charge is -2.30. The lowest BCUT2D eigenvalue weighted by atomic mass is 9.99. The second-order valence-electron chi connectivity index (χ2n) is 5.98. The van der Waals surface area contributed by atoms with E-state index in [4.69, 9.17) is 0 Å². The van der Waals surface area contributed by atoms with Gasteiger partial charge < -0.3 is 16.0 Å². The summed E-state index contributed by atoms with van der Waals surface area (Å²) in [5.74, 6) is -0.268. The van der Waals surface area contributed by atoms with Crippen molar-refractivity contribution in [3.05, 3.63) is 52.2 Å². The molecule has 1 saturated heterocycles. The van der Waals surface area contributed by atoms with Crippen LogP contribution in [0.4, 0.5) is 5.69 Å². The molecule has 1 aliphatic heterocycles. The minimum atomic E-state index is -0.160. The number of nitrogens with one attached hydrogen (secondary N) is 3. The molecule has 0 radical (unpaired) electrons. The van der Waals surface area contributed by atoms with Gasteiger partial charge in [0.05, 0.1) is 4.88 Å². The fourth-order valence-electron chi connectivity index (χ4n) is 2.83. The Morgan fingerprint density at radius 2 is 2.08 bits per heavy atom. The molecule has 0 spiro atoms. The van der Waals surface area contributed by atoms with Gasteiger partial charge in [-0.1, -0.05) is 12.1 Å². The summed E-state index contributed by atoms with van der Waals surface area (Å²) >= 11 is 1.39. The summed E-state index contributed by atoms with van der Waals surface area (Å²) in [5, 5.41) is 11.1. The molecule has 2 amide bonds. The maximum Gasteiger partial charge on any atom is 0.265 e. The molecule has 5 nitrogen and oxygen atoms in total. The molecule has 126 valence electrons. The van der Waals surface area contributed by atoms with Crippen molar-refractivity contribution in [1.82, 2.24) is 10.6 Å². The first-order chi connectivity index (χ1) is 11.6. The lowest BCUT2D eigenvalue weighted by molar-refractivity contribution is 0.0919. The highest BCUT2D eigenvalue weighted by Crippen LogP contribution is 2.16. The highest BCUT2D eigenvalue weighted by molar-refractivity contribution is 7.12. The van der Waals surface area contributed by atoms with Gasteiger partial charge in [-0.15, -0.1) is 11.3 Å². The number of hydrogen-bond donors (Lipinski definition) is 3. The van der Waals surface area contributed by atoms with E-state index in [1.54, 1.807) is 30.3 Å². The first-order valence-electron chi connectivity index (χ1n) is 8.12. The molecule has 1 aromatic carbocycles. The Kier molecular flexibility index (Phi) is 5.27. The molecule has 2 heterocycles. The average molecular weight is 343 g/mol. The van der Waals surface area contributed by atoms with E-state index >= 15 is 0 Å². The molecular formula is C18H21N3O2S. The van der Waals surface area contributed by atoms with E-state index in [1.807, 2.05) is 11.4 Å². The predicted octanol–water partition coefficient (Wildman–Crippen LogP) is 2.87. The summed E-state index contributed by atoms with van der Waals surface area (Å²) in [6.07, 6.45) is 2.04. The molecule has 1 aromatic heterocycles. The molecule has 0 saturated carbocycles. The topological polar surface area (TPSA) is 70.2 Å². The fraction of sp³-hybridized carbons (Fsp3) is 0.333. The average Bonchev–Trinajstić information content (AvgIpc) is 3.12. The number of amides is 2. The molecule has 0 bridgehead atoms. The smallest absolute Gasteiger partial charge is 0.265 e. The van der Waals surface area contributed by atoms with Crippen molar-refractivity contribution >= 4 is 28.8 Å². The van der Waals surface area contributed by atoms with E-state index in [0.717, 1.165) is 19.4 Å². The van der Waals surface area contributed by atoms with Crippen LogP contribution in [0.5, 0.6) is 0 Å². The zero-order valence-electron chi connectivity index (χ0n) is 13.5. The van der Waals surface area contributed by atoms with Crippen LogP contribution < -0.4 is 16.0 Å². The number of hydrogen-bond acceptors (Lipinski definition) is 4. The number of benzene rings is 1. The van der Waals surface area contributed by atoms with Gasteiger partial charge in [0.25, 0.3) is 11.8 Å². The van der Waals surface area contributed by atoms with Gasteiger partial charge in [-0.25, -0.2) is 0 Å². The van der Waals surface area contributed by atoms with Crippen LogP contribution in [0.3, 0.4) is 0 Å². The number of rotatable bonds is 4. The van der Waals surface area contributed by atoms with Gasteiger partial charge in [-0.2, -0.15) is 0 Å². The van der Waals surface area contributed by atoms with Gasteiger partial charge >= 0.3 is 0 Å². The third-order valence-electron chi connectivity index (χ3n) is 4.21. The van der Waals surface area contributed by atoms with Crippen molar-refractivity contribution in [2.45, 2.75) is 31.8 Å². The summed E-state index contributed by atoms with van der Waals surface area (Å²) in [7, 11) is 0. The maximum atomic E-state index is 12.5. The first kappa shape index (κ1) is 16.7. The van der Waals surface area contributed by atoms with Crippen LogP contribution in [0.2, 0.25) is 0 Å². The molecule has 2 aromatic rings. The van der Waals surface area contributed by atoms with Crippen molar-refractivity contribution in [2.75, 3.05) is 11.9 Å². The van der Waals surface area contributed by atoms with Crippen LogP contribution in [0.1, 0.15) is 39.8 Å². The molecule has 1 aliphatic rings. The second-order valence-corrected chi connectivity index (χ2v) is 6.92. The van der Waals surface area contributed by atoms with Crippen LogP contribution in [-0.4, -0.2) is 30.4 Å². The Morgan fingerprint density at radius 3 is 2.83 bits per heavy atom.